The van der Waals surface area contributed by atoms with E-state index in [1.165, 1.54) is 17.0 Å². The molecule has 0 aromatic heterocycles. The fraction of sp³-hybridized carbons (Fsp3) is 0.364. The summed E-state index contributed by atoms with van der Waals surface area (Å²) in [6, 6.07) is 16.5. The van der Waals surface area contributed by atoms with Crippen LogP contribution in [0.15, 0.2) is 66.7 Å². The Bertz CT molecular complexity index is 1400. The van der Waals surface area contributed by atoms with Crippen LogP contribution in [-0.4, -0.2) is 45.6 Å². The molecule has 2 unspecified atom stereocenters. The van der Waals surface area contributed by atoms with Crippen LogP contribution in [0.1, 0.15) is 62.9 Å². The van der Waals surface area contributed by atoms with Gasteiger partial charge in [0.2, 0.25) is 5.91 Å². The minimum absolute atomic E-state index is 0.0803. The maximum atomic E-state index is 14.5. The predicted octanol–water partition coefficient (Wildman–Crippen LogP) is 6.72. The highest BCUT2D eigenvalue weighted by Gasteiger charge is 2.38. The molecule has 0 bridgehead atoms. The predicted molar refractivity (Wildman–Crippen MR) is 166 cm³/mol. The number of ether oxygens (including phenoxy) is 1. The van der Waals surface area contributed by atoms with Gasteiger partial charge in [0.15, 0.2) is 0 Å². The number of phenols is 1. The molecule has 42 heavy (non-hydrogen) atoms. The first kappa shape index (κ1) is 32.5. The van der Waals surface area contributed by atoms with Crippen LogP contribution in [0.4, 0.5) is 10.5 Å². The Labute approximate surface area is 253 Å². The highest BCUT2D eigenvalue weighted by Crippen LogP contribution is 2.32. The van der Waals surface area contributed by atoms with E-state index in [9.17, 15) is 19.5 Å². The number of carbonyl (C=O) groups excluding carboxylic acids is 3. The SMILES string of the molecule is Cc1ccccc1C(C(=O)Nc1c(C)cccc1Cl)N(C(=O)C(Cc1ccc(O)cc1)NC(=O)OC(C)(C)C)C(C)C. The number of aromatic hydroxyl groups is 1. The van der Waals surface area contributed by atoms with E-state index in [-0.39, 0.29) is 12.2 Å². The van der Waals surface area contributed by atoms with E-state index in [0.717, 1.165) is 11.1 Å². The van der Waals surface area contributed by atoms with Crippen molar-refractivity contribution >= 4 is 35.2 Å². The molecule has 8 nitrogen and oxygen atoms in total. The number of nitrogens with zero attached hydrogens (tertiary/aromatic N) is 1. The Morgan fingerprint density at radius 1 is 0.929 bits per heavy atom. The van der Waals surface area contributed by atoms with Gasteiger partial charge in [0.05, 0.1) is 10.7 Å². The maximum Gasteiger partial charge on any atom is 0.408 e. The molecule has 0 aliphatic heterocycles. The van der Waals surface area contributed by atoms with Crippen LogP contribution in [0.5, 0.6) is 5.75 Å². The molecule has 0 radical (unpaired) electrons. The first-order valence-electron chi connectivity index (χ1n) is 13.9. The number of halogens is 1. The summed E-state index contributed by atoms with van der Waals surface area (Å²) in [5.74, 6) is -0.830. The number of phenolic OH excluding ortho intramolecular Hbond substituents is 1. The minimum Gasteiger partial charge on any atom is -0.508 e. The molecule has 9 heteroatoms. The molecular formula is C33H40ClN3O5. The summed E-state index contributed by atoms with van der Waals surface area (Å²) in [7, 11) is 0. The van der Waals surface area contributed by atoms with Crippen molar-refractivity contribution in [1.29, 1.82) is 0 Å². The van der Waals surface area contributed by atoms with Crippen LogP contribution < -0.4 is 10.6 Å². The van der Waals surface area contributed by atoms with Crippen molar-refractivity contribution in [2.45, 2.75) is 78.6 Å². The molecule has 3 aromatic rings. The van der Waals surface area contributed by atoms with Crippen molar-refractivity contribution in [3.8, 4) is 5.75 Å². The highest BCUT2D eigenvalue weighted by molar-refractivity contribution is 6.34. The lowest BCUT2D eigenvalue weighted by atomic mass is 9.95. The quantitative estimate of drug-likeness (QED) is 0.255. The number of rotatable bonds is 9. The van der Waals surface area contributed by atoms with E-state index in [4.69, 9.17) is 16.3 Å². The van der Waals surface area contributed by atoms with Gasteiger partial charge in [-0.3, -0.25) is 9.59 Å². The first-order chi connectivity index (χ1) is 19.7. The second-order valence-corrected chi connectivity index (χ2v) is 12.0. The Morgan fingerprint density at radius 2 is 1.55 bits per heavy atom. The lowest BCUT2D eigenvalue weighted by Crippen LogP contribution is -2.55. The molecule has 0 aliphatic rings. The first-order valence-corrected chi connectivity index (χ1v) is 14.3. The van der Waals surface area contributed by atoms with Crippen molar-refractivity contribution in [3.05, 3.63) is 94.0 Å². The number of amides is 3. The van der Waals surface area contributed by atoms with Crippen molar-refractivity contribution < 1.29 is 24.2 Å². The summed E-state index contributed by atoms with van der Waals surface area (Å²) in [6.45, 7) is 12.6. The molecular weight excluding hydrogens is 554 g/mol. The third-order valence-corrected chi connectivity index (χ3v) is 6.97. The summed E-state index contributed by atoms with van der Waals surface area (Å²) >= 11 is 6.45. The molecule has 224 valence electrons. The summed E-state index contributed by atoms with van der Waals surface area (Å²) in [4.78, 5) is 43.0. The zero-order chi connectivity index (χ0) is 31.2. The summed E-state index contributed by atoms with van der Waals surface area (Å²) in [5.41, 5.74) is 2.62. The summed E-state index contributed by atoms with van der Waals surface area (Å²) in [5, 5.41) is 15.8. The molecule has 0 saturated heterocycles. The van der Waals surface area contributed by atoms with Crippen LogP contribution in [0.2, 0.25) is 5.02 Å². The van der Waals surface area contributed by atoms with E-state index in [1.807, 2.05) is 58.0 Å². The second-order valence-electron chi connectivity index (χ2n) is 11.6. The van der Waals surface area contributed by atoms with Crippen molar-refractivity contribution in [2.75, 3.05) is 5.32 Å². The van der Waals surface area contributed by atoms with Crippen LogP contribution >= 0.6 is 11.6 Å². The highest BCUT2D eigenvalue weighted by atomic mass is 35.5. The average molecular weight is 594 g/mol. The third kappa shape index (κ3) is 8.49. The van der Waals surface area contributed by atoms with Gasteiger partial charge in [0.25, 0.3) is 5.91 Å². The van der Waals surface area contributed by atoms with Gasteiger partial charge in [-0.2, -0.15) is 0 Å². The fourth-order valence-electron chi connectivity index (χ4n) is 4.67. The van der Waals surface area contributed by atoms with E-state index in [1.54, 1.807) is 45.0 Å². The summed E-state index contributed by atoms with van der Waals surface area (Å²) in [6.07, 6.45) is -0.653. The van der Waals surface area contributed by atoms with E-state index in [2.05, 4.69) is 10.6 Å². The Hall–Kier alpha value is -4.04. The topological polar surface area (TPSA) is 108 Å². The minimum atomic E-state index is -1.08. The van der Waals surface area contributed by atoms with Gasteiger partial charge in [-0.1, -0.05) is 60.1 Å². The van der Waals surface area contributed by atoms with Crippen molar-refractivity contribution in [1.82, 2.24) is 10.2 Å². The number of anilines is 1. The molecule has 0 saturated carbocycles. The monoisotopic (exact) mass is 593 g/mol. The van der Waals surface area contributed by atoms with Crippen molar-refractivity contribution in [3.63, 3.8) is 0 Å². The van der Waals surface area contributed by atoms with Crippen LogP contribution in [0.25, 0.3) is 0 Å². The number of hydrogen-bond acceptors (Lipinski definition) is 5. The fourth-order valence-corrected chi connectivity index (χ4v) is 4.94. The molecule has 3 amide bonds. The number of nitrogens with one attached hydrogen (secondary N) is 2. The summed E-state index contributed by atoms with van der Waals surface area (Å²) < 4.78 is 5.48. The number of aryl methyl sites for hydroxylation is 2. The van der Waals surface area contributed by atoms with Crippen LogP contribution in [0, 0.1) is 13.8 Å². The van der Waals surface area contributed by atoms with E-state index in [0.29, 0.717) is 21.8 Å². The number of alkyl carbamates (subject to hydrolysis) is 1. The van der Waals surface area contributed by atoms with Gasteiger partial charge in [0, 0.05) is 12.5 Å². The lowest BCUT2D eigenvalue weighted by molar-refractivity contribution is -0.142. The second kappa shape index (κ2) is 13.7. The molecule has 3 N–H and O–H groups in total. The van der Waals surface area contributed by atoms with E-state index >= 15 is 0 Å². The molecule has 2 atom stereocenters. The van der Waals surface area contributed by atoms with Crippen LogP contribution in [-0.2, 0) is 20.7 Å². The molecule has 0 spiro atoms. The maximum absolute atomic E-state index is 14.5. The molecule has 0 aliphatic carbocycles. The van der Waals surface area contributed by atoms with Gasteiger partial charge >= 0.3 is 6.09 Å². The normalized spacial score (nSPS) is 12.8. The number of hydrogen-bond donors (Lipinski definition) is 3. The van der Waals surface area contributed by atoms with Gasteiger partial charge in [-0.05, 0) is 88.9 Å². The Morgan fingerprint density at radius 3 is 2.12 bits per heavy atom. The molecule has 0 heterocycles. The van der Waals surface area contributed by atoms with Gasteiger partial charge < -0.3 is 25.4 Å². The standard InChI is InChI=1S/C33H40ClN3O5/c1-20(2)37(31(40)27(35-32(41)42-33(5,6)7)19-23-15-17-24(38)18-16-23)29(25-13-9-8-11-21(25)3)30(39)36-28-22(4)12-10-14-26(28)34/h8-18,20,27,29,38H,19H2,1-7H3,(H,35,41)(H,36,39). The number of carbonyl (C=O) groups is 3. The number of benzene rings is 3. The molecule has 3 aromatic carbocycles. The van der Waals surface area contributed by atoms with E-state index < -0.39 is 41.6 Å². The Balaban J connectivity index is 2.09. The van der Waals surface area contributed by atoms with Crippen LogP contribution in [0.3, 0.4) is 0 Å². The average Bonchev–Trinajstić information content (AvgIpc) is 2.89. The molecule has 0 fully saturated rings. The van der Waals surface area contributed by atoms with Gasteiger partial charge in [-0.15, -0.1) is 0 Å². The van der Waals surface area contributed by atoms with Crippen molar-refractivity contribution in [2.24, 2.45) is 0 Å². The largest absolute Gasteiger partial charge is 0.508 e. The third-order valence-electron chi connectivity index (χ3n) is 6.66. The zero-order valence-electron chi connectivity index (χ0n) is 25.2. The number of para-hydroxylation sites is 1. The molecule has 3 rings (SSSR count). The lowest BCUT2D eigenvalue weighted by Gasteiger charge is -2.38. The van der Waals surface area contributed by atoms with Gasteiger partial charge in [-0.25, -0.2) is 4.79 Å². The smallest absolute Gasteiger partial charge is 0.408 e. The van der Waals surface area contributed by atoms with Gasteiger partial charge in [0.1, 0.15) is 23.4 Å². The Kier molecular flexibility index (Phi) is 10.6. The zero-order valence-corrected chi connectivity index (χ0v) is 26.0.